The summed E-state index contributed by atoms with van der Waals surface area (Å²) >= 11 is 0. The fourth-order valence-corrected chi connectivity index (χ4v) is 0.960. The van der Waals surface area contributed by atoms with E-state index in [1.807, 2.05) is 0 Å². The average Bonchev–Trinajstić information content (AvgIpc) is 2.20. The smallest absolute Gasteiger partial charge is 0.0829 e. The second-order valence-electron chi connectivity index (χ2n) is 2.96. The van der Waals surface area contributed by atoms with E-state index in [2.05, 4.69) is 24.8 Å². The van der Waals surface area contributed by atoms with E-state index in [1.165, 1.54) is 44.6 Å². The molecule has 0 unspecified atom stereocenters. The van der Waals surface area contributed by atoms with Crippen LogP contribution in [0.4, 0.5) is 0 Å². The fraction of sp³-hybridized carbons (Fsp3) is 0.667. The van der Waals surface area contributed by atoms with Crippen LogP contribution in [0.2, 0.25) is 0 Å². The van der Waals surface area contributed by atoms with Gasteiger partial charge in [0.2, 0.25) is 0 Å². The predicted molar refractivity (Wildman–Crippen MR) is 61.9 cm³/mol. The van der Waals surface area contributed by atoms with Crippen LogP contribution in [0.1, 0.15) is 45.4 Å². The van der Waals surface area contributed by atoms with Gasteiger partial charge in [-0.2, -0.15) is 0 Å². The van der Waals surface area contributed by atoms with Crippen molar-refractivity contribution in [1.29, 1.82) is 0 Å². The van der Waals surface area contributed by atoms with Crippen LogP contribution in [0.5, 0.6) is 0 Å². The molecule has 0 aliphatic rings. The summed E-state index contributed by atoms with van der Waals surface area (Å²) in [7, 11) is 0. The van der Waals surface area contributed by atoms with Gasteiger partial charge in [-0.1, -0.05) is 52.2 Å². The van der Waals surface area contributed by atoms with E-state index in [0.717, 1.165) is 6.42 Å². The summed E-state index contributed by atoms with van der Waals surface area (Å²) in [6.45, 7) is 9.10. The number of ether oxygens (including phenoxy) is 1. The molecule has 0 saturated carbocycles. The van der Waals surface area contributed by atoms with Crippen molar-refractivity contribution < 1.29 is 9.84 Å². The van der Waals surface area contributed by atoms with Crippen molar-refractivity contribution in [3.05, 3.63) is 25.7 Å². The zero-order valence-corrected chi connectivity index (χ0v) is 9.37. The summed E-state index contributed by atoms with van der Waals surface area (Å²) in [5, 5.41) is 8.42. The van der Waals surface area contributed by atoms with Gasteiger partial charge in [0, 0.05) is 6.61 Å². The van der Waals surface area contributed by atoms with Crippen molar-refractivity contribution in [2.45, 2.75) is 45.4 Å². The summed E-state index contributed by atoms with van der Waals surface area (Å²) < 4.78 is 4.36. The highest BCUT2D eigenvalue weighted by Crippen LogP contribution is 2.03. The third-order valence-electron chi connectivity index (χ3n) is 1.70. The lowest BCUT2D eigenvalue weighted by Crippen LogP contribution is -1.82. The molecule has 0 saturated heterocycles. The molecule has 2 nitrogen and oxygen atoms in total. The van der Waals surface area contributed by atoms with Gasteiger partial charge < -0.3 is 9.84 Å². The van der Waals surface area contributed by atoms with E-state index in [9.17, 15) is 0 Å². The zero-order chi connectivity index (χ0) is 11.1. The summed E-state index contributed by atoms with van der Waals surface area (Å²) in [4.78, 5) is 0. The summed E-state index contributed by atoms with van der Waals surface area (Å²) in [5.74, 6) is 0. The minimum atomic E-state index is 0.367. The average molecular weight is 200 g/mol. The fourth-order valence-electron chi connectivity index (χ4n) is 0.960. The highest BCUT2D eigenvalue weighted by atomic mass is 16.5. The number of aliphatic hydroxyl groups is 1. The molecule has 0 amide bonds. The second-order valence-corrected chi connectivity index (χ2v) is 2.96. The molecule has 0 atom stereocenters. The van der Waals surface area contributed by atoms with Crippen LogP contribution >= 0.6 is 0 Å². The number of hydrogen-bond acceptors (Lipinski definition) is 2. The SMILES string of the molecule is C=COC=C.CCCCCCCCO. The highest BCUT2D eigenvalue weighted by molar-refractivity contribution is 4.57. The van der Waals surface area contributed by atoms with Gasteiger partial charge in [0.05, 0.1) is 12.5 Å². The molecule has 0 aromatic rings. The van der Waals surface area contributed by atoms with Crippen LogP contribution in [-0.4, -0.2) is 11.7 Å². The molecule has 0 heterocycles. The minimum Gasteiger partial charge on any atom is -0.474 e. The van der Waals surface area contributed by atoms with Gasteiger partial charge in [0.15, 0.2) is 0 Å². The largest absolute Gasteiger partial charge is 0.474 e. The van der Waals surface area contributed by atoms with Crippen molar-refractivity contribution in [1.82, 2.24) is 0 Å². The summed E-state index contributed by atoms with van der Waals surface area (Å²) in [6.07, 6.45) is 10.1. The molecule has 0 aliphatic carbocycles. The summed E-state index contributed by atoms with van der Waals surface area (Å²) in [5.41, 5.74) is 0. The van der Waals surface area contributed by atoms with Crippen molar-refractivity contribution in [2.24, 2.45) is 0 Å². The van der Waals surface area contributed by atoms with Gasteiger partial charge >= 0.3 is 0 Å². The van der Waals surface area contributed by atoms with E-state index < -0.39 is 0 Å². The molecule has 0 aromatic carbocycles. The van der Waals surface area contributed by atoms with Crippen molar-refractivity contribution in [3.8, 4) is 0 Å². The lowest BCUT2D eigenvalue weighted by atomic mass is 10.1. The molecule has 1 N–H and O–H groups in total. The van der Waals surface area contributed by atoms with Gasteiger partial charge in [0.1, 0.15) is 0 Å². The van der Waals surface area contributed by atoms with Gasteiger partial charge in [-0.25, -0.2) is 0 Å². The summed E-state index contributed by atoms with van der Waals surface area (Å²) in [6, 6.07) is 0. The third kappa shape index (κ3) is 22.5. The Morgan fingerprint density at radius 3 is 1.86 bits per heavy atom. The second kappa shape index (κ2) is 18.1. The standard InChI is InChI=1S/C8H18O.C4H6O/c1-2-3-4-5-6-7-8-9;1-3-5-4-2/h9H,2-8H2,1H3;3-4H,1-2H2. The van der Waals surface area contributed by atoms with Gasteiger partial charge in [0.25, 0.3) is 0 Å². The topological polar surface area (TPSA) is 29.5 Å². The maximum atomic E-state index is 8.42. The number of unbranched alkanes of at least 4 members (excludes halogenated alkanes) is 5. The number of rotatable bonds is 8. The molecule has 0 aromatic heterocycles. The van der Waals surface area contributed by atoms with Crippen molar-refractivity contribution in [3.63, 3.8) is 0 Å². The van der Waals surface area contributed by atoms with Crippen molar-refractivity contribution in [2.75, 3.05) is 6.61 Å². The Morgan fingerprint density at radius 2 is 1.50 bits per heavy atom. The Kier molecular flexibility index (Phi) is 20.3. The third-order valence-corrected chi connectivity index (χ3v) is 1.70. The Bertz CT molecular complexity index is 98.9. The van der Waals surface area contributed by atoms with Crippen LogP contribution < -0.4 is 0 Å². The van der Waals surface area contributed by atoms with Gasteiger partial charge in [-0.15, -0.1) is 0 Å². The normalized spacial score (nSPS) is 8.43. The number of hydrogen-bond donors (Lipinski definition) is 1. The first-order valence-electron chi connectivity index (χ1n) is 5.31. The quantitative estimate of drug-likeness (QED) is 0.479. The molecule has 84 valence electrons. The Labute approximate surface area is 88.3 Å². The van der Waals surface area contributed by atoms with Crippen molar-refractivity contribution >= 4 is 0 Å². The molecule has 0 spiro atoms. The van der Waals surface area contributed by atoms with E-state index >= 15 is 0 Å². The predicted octanol–water partition coefficient (Wildman–Crippen LogP) is 3.63. The first kappa shape index (κ1) is 15.7. The number of aliphatic hydroxyl groups excluding tert-OH is 1. The lowest BCUT2D eigenvalue weighted by Gasteiger charge is -1.95. The zero-order valence-electron chi connectivity index (χ0n) is 9.37. The molecular formula is C12H24O2. The van der Waals surface area contributed by atoms with E-state index in [-0.39, 0.29) is 0 Å². The molecule has 0 fully saturated rings. The Morgan fingerprint density at radius 1 is 1.00 bits per heavy atom. The van der Waals surface area contributed by atoms with Crippen LogP contribution in [0.15, 0.2) is 25.7 Å². The molecule has 0 radical (unpaired) electrons. The molecule has 14 heavy (non-hydrogen) atoms. The molecule has 0 aliphatic heterocycles. The van der Waals surface area contributed by atoms with Crippen LogP contribution in [0.25, 0.3) is 0 Å². The van der Waals surface area contributed by atoms with Gasteiger partial charge in [-0.05, 0) is 6.42 Å². The monoisotopic (exact) mass is 200 g/mol. The highest BCUT2D eigenvalue weighted by Gasteiger charge is 1.86. The molecule has 0 bridgehead atoms. The van der Waals surface area contributed by atoms with E-state index in [4.69, 9.17) is 5.11 Å². The maximum absolute atomic E-state index is 8.42. The van der Waals surface area contributed by atoms with Crippen LogP contribution in [0.3, 0.4) is 0 Å². The van der Waals surface area contributed by atoms with Crippen LogP contribution in [-0.2, 0) is 4.74 Å². The maximum Gasteiger partial charge on any atom is 0.0829 e. The van der Waals surface area contributed by atoms with Gasteiger partial charge in [-0.3, -0.25) is 0 Å². The van der Waals surface area contributed by atoms with Crippen LogP contribution in [0, 0.1) is 0 Å². The first-order valence-corrected chi connectivity index (χ1v) is 5.31. The lowest BCUT2D eigenvalue weighted by molar-refractivity contribution is 0.282. The minimum absolute atomic E-state index is 0.367. The van der Waals surface area contributed by atoms with E-state index in [0.29, 0.717) is 6.61 Å². The molecule has 0 rings (SSSR count). The Hall–Kier alpha value is -0.760. The molecule has 2 heteroatoms. The molecular weight excluding hydrogens is 176 g/mol. The Balaban J connectivity index is 0. The first-order chi connectivity index (χ1) is 6.83. The van der Waals surface area contributed by atoms with E-state index in [1.54, 1.807) is 0 Å².